The molecule has 0 spiro atoms. The van der Waals surface area contributed by atoms with Crippen LogP contribution in [-0.4, -0.2) is 86.9 Å². The third-order valence-corrected chi connectivity index (χ3v) is 16.9. The van der Waals surface area contributed by atoms with Gasteiger partial charge in [-0.15, -0.1) is 0 Å². The Morgan fingerprint density at radius 2 is 0.488 bits per heavy atom. The first-order valence-electron chi connectivity index (χ1n) is 34.2. The Morgan fingerprint density at radius 1 is 0.302 bits per heavy atom. The van der Waals surface area contributed by atoms with Gasteiger partial charge in [-0.2, -0.15) is 0 Å². The third-order valence-electron chi connectivity index (χ3n) is 15.1. The average Bonchev–Trinajstić information content (AvgIpc) is 3.69. The minimum absolute atomic E-state index is 0. The van der Waals surface area contributed by atoms with E-state index in [0.717, 1.165) is 89.9 Å². The van der Waals surface area contributed by atoms with Crippen molar-refractivity contribution in [2.24, 2.45) is 0 Å². The molecule has 0 aliphatic rings. The van der Waals surface area contributed by atoms with Gasteiger partial charge in [-0.05, 0) is 25.7 Å². The molecule has 17 nitrogen and oxygen atoms in total. The van der Waals surface area contributed by atoms with Crippen LogP contribution in [0.2, 0.25) is 0 Å². The van der Waals surface area contributed by atoms with Crippen LogP contribution in [0.15, 0.2) is 0 Å². The van der Waals surface area contributed by atoms with E-state index in [-0.39, 0.29) is 84.8 Å². The van der Waals surface area contributed by atoms with Gasteiger partial charge in [0.25, 0.3) is 15.6 Å². The zero-order valence-electron chi connectivity index (χ0n) is 55.8. The molecule has 498 valence electrons. The Hall–Kier alpha value is 0.0600. The summed E-state index contributed by atoms with van der Waals surface area (Å²) in [5.41, 5.74) is 0. The first kappa shape index (κ1) is 90.3. The summed E-state index contributed by atoms with van der Waals surface area (Å²) in [6.07, 6.45) is 45.0. The zero-order chi connectivity index (χ0) is 61.9. The molecule has 0 aromatic carbocycles. The molecule has 5 atom stereocenters. The number of aliphatic hydroxyl groups excluding tert-OH is 1. The molecule has 86 heavy (non-hydrogen) atoms. The maximum absolute atomic E-state index is 12.9. The van der Waals surface area contributed by atoms with Crippen LogP contribution in [0.4, 0.5) is 0 Å². The molecule has 0 fully saturated rings. The molecule has 0 aliphatic heterocycles. The number of carbonyl (C=O) groups excluding carboxylic acids is 4. The van der Waals surface area contributed by atoms with Crippen LogP contribution < -0.4 is 68.9 Å². The molecule has 0 heterocycles. The number of phosphoric ester groups is 2. The molecule has 0 aliphatic carbocycles. The molecule has 0 bridgehead atoms. The number of phosphoric acid groups is 2. The fourth-order valence-corrected chi connectivity index (χ4v) is 11.4. The van der Waals surface area contributed by atoms with Crippen molar-refractivity contribution in [2.45, 2.75) is 354 Å². The van der Waals surface area contributed by atoms with Crippen LogP contribution in [0.3, 0.4) is 0 Å². The van der Waals surface area contributed by atoms with E-state index < -0.39 is 97.5 Å². The van der Waals surface area contributed by atoms with Crippen LogP contribution in [-0.2, 0) is 65.4 Å². The Balaban J connectivity index is -0.0000344. The average molecular weight is 1290 g/mol. The van der Waals surface area contributed by atoms with Gasteiger partial charge in [-0.1, -0.05) is 285 Å². The van der Waals surface area contributed by atoms with Crippen LogP contribution in [0, 0.1) is 0 Å². The van der Waals surface area contributed by atoms with Gasteiger partial charge in [0.1, 0.15) is 19.3 Å². The molecule has 0 rings (SSSR count). The predicted molar refractivity (Wildman–Crippen MR) is 331 cm³/mol. The maximum Gasteiger partial charge on any atom is 1.00 e. The number of hydrogen-bond donors (Lipinski definition) is 1. The first-order valence-corrected chi connectivity index (χ1v) is 37.2. The molecule has 21 heteroatoms. The largest absolute Gasteiger partial charge is 1.00 e. The Labute approximate surface area is 568 Å². The Bertz CT molecular complexity index is 1520. The van der Waals surface area contributed by atoms with Gasteiger partial charge in [0.2, 0.25) is 0 Å². The molecule has 3 unspecified atom stereocenters. The monoisotopic (exact) mass is 1280 g/mol. The summed E-state index contributed by atoms with van der Waals surface area (Å²) in [5.74, 6) is -2.22. The topological polar surface area (TPSA) is 243 Å². The summed E-state index contributed by atoms with van der Waals surface area (Å²) in [5, 5.41) is 10.5. The molecule has 0 aromatic rings. The zero-order valence-corrected chi connectivity index (χ0v) is 61.6. The summed E-state index contributed by atoms with van der Waals surface area (Å²) < 4.78 is 67.2. The van der Waals surface area contributed by atoms with E-state index in [1.807, 2.05) is 0 Å². The van der Waals surface area contributed by atoms with Crippen LogP contribution in [0.25, 0.3) is 0 Å². The molecule has 0 aromatic heterocycles. The molecule has 0 saturated carbocycles. The van der Waals surface area contributed by atoms with E-state index in [1.165, 1.54) is 167 Å². The molecule has 1 N–H and O–H groups in total. The minimum Gasteiger partial charge on any atom is -0.756 e. The second kappa shape index (κ2) is 66.5. The molecular weight excluding hydrogens is 1160 g/mol. The SMILES string of the molecule is CCCCCCCCCCCCCC(=O)OC[C@H](COP(=O)([O-])OCC(O)COP(=O)([O-])OC[C@H](COC(=O)CCCCCCCCCCCCC)OC(=O)CCCCCCCCCCCCC)OC(=O)CCCCCCCCCCCCC.[Na+].[Na+]. The smallest absolute Gasteiger partial charge is 0.756 e. The van der Waals surface area contributed by atoms with E-state index in [0.29, 0.717) is 25.7 Å². The first-order chi connectivity index (χ1) is 40.7. The van der Waals surface area contributed by atoms with Crippen molar-refractivity contribution in [1.29, 1.82) is 0 Å². The van der Waals surface area contributed by atoms with Gasteiger partial charge in [-0.25, -0.2) is 0 Å². The Kier molecular flexibility index (Phi) is 69.8. The van der Waals surface area contributed by atoms with Crippen LogP contribution in [0.1, 0.15) is 336 Å². The van der Waals surface area contributed by atoms with E-state index in [1.54, 1.807) is 0 Å². The molecule has 0 amide bonds. The third kappa shape index (κ3) is 65.5. The van der Waals surface area contributed by atoms with E-state index in [4.69, 9.17) is 37.0 Å². The van der Waals surface area contributed by atoms with Crippen molar-refractivity contribution < 1.29 is 139 Å². The van der Waals surface area contributed by atoms with E-state index in [2.05, 4.69) is 27.7 Å². The van der Waals surface area contributed by atoms with Crippen molar-refractivity contribution in [3.05, 3.63) is 0 Å². The number of hydrogen-bond acceptors (Lipinski definition) is 17. The summed E-state index contributed by atoms with van der Waals surface area (Å²) in [6, 6.07) is 0. The number of ether oxygens (including phenoxy) is 4. The van der Waals surface area contributed by atoms with Gasteiger partial charge in [0.15, 0.2) is 12.2 Å². The fourth-order valence-electron chi connectivity index (χ4n) is 9.80. The number of carbonyl (C=O) groups is 4. The van der Waals surface area contributed by atoms with Gasteiger partial charge in [0, 0.05) is 25.7 Å². The second-order valence-corrected chi connectivity index (χ2v) is 26.3. The molecular formula is C65H124Na2O17P2. The van der Waals surface area contributed by atoms with Crippen molar-refractivity contribution in [3.63, 3.8) is 0 Å². The van der Waals surface area contributed by atoms with Crippen LogP contribution >= 0.6 is 15.6 Å². The van der Waals surface area contributed by atoms with Gasteiger partial charge in [0.05, 0.1) is 26.4 Å². The number of aliphatic hydroxyl groups is 1. The summed E-state index contributed by atoms with van der Waals surface area (Å²) in [7, 11) is -10.4. The molecule has 0 saturated heterocycles. The van der Waals surface area contributed by atoms with Gasteiger partial charge < -0.3 is 51.9 Å². The van der Waals surface area contributed by atoms with Crippen molar-refractivity contribution in [1.82, 2.24) is 0 Å². The maximum atomic E-state index is 12.9. The van der Waals surface area contributed by atoms with Gasteiger partial charge >= 0.3 is 83.0 Å². The van der Waals surface area contributed by atoms with E-state index in [9.17, 15) is 43.2 Å². The predicted octanol–water partition coefficient (Wildman–Crippen LogP) is 11.1. The summed E-state index contributed by atoms with van der Waals surface area (Å²) in [4.78, 5) is 76.8. The normalized spacial score (nSPS) is 13.8. The second-order valence-electron chi connectivity index (χ2n) is 23.5. The summed E-state index contributed by atoms with van der Waals surface area (Å²) in [6.45, 7) is 4.49. The van der Waals surface area contributed by atoms with Crippen molar-refractivity contribution >= 4 is 39.5 Å². The standard InChI is InChI=1S/C65H126O17P2.2Na/c1-5-9-13-17-21-25-29-33-37-41-45-49-62(67)75-55-60(81-64(69)51-47-43-39-35-31-27-23-19-15-11-7-3)57-79-83(71,72)77-53-59(66)54-78-84(73,74)80-58-61(82-65(70)52-48-44-40-36-32-28-24-20-16-12-8-4)56-76-63(68)50-46-42-38-34-30-26-22-18-14-10-6-2;;/h59-61,66H,5-58H2,1-4H3,(H,71,72)(H,73,74);;/q;2*+1/p-2/t59?,60-,61+;;. The fraction of sp³-hybridized carbons (Fsp3) is 0.938. The Morgan fingerprint density at radius 3 is 0.709 bits per heavy atom. The van der Waals surface area contributed by atoms with E-state index >= 15 is 0 Å². The number of rotatable bonds is 66. The van der Waals surface area contributed by atoms with Gasteiger partial charge in [-0.3, -0.25) is 28.3 Å². The minimum atomic E-state index is -5.21. The number of unbranched alkanes of at least 4 members (excludes halogenated alkanes) is 40. The number of esters is 4. The summed E-state index contributed by atoms with van der Waals surface area (Å²) >= 11 is 0. The van der Waals surface area contributed by atoms with Crippen molar-refractivity contribution in [3.8, 4) is 0 Å². The molecule has 0 radical (unpaired) electrons. The quantitative estimate of drug-likeness (QED) is 0.0196. The van der Waals surface area contributed by atoms with Crippen molar-refractivity contribution in [2.75, 3.05) is 39.6 Å². The van der Waals surface area contributed by atoms with Crippen LogP contribution in [0.5, 0.6) is 0 Å².